The van der Waals surface area contributed by atoms with Gasteiger partial charge in [-0.25, -0.2) is 0 Å². The standard InChI is InChI=1S/C12H18ClN5S/c1-5-14-10(11-8(3)15-17-19-11)6-9-7(2)16-18(4)12(9)13/h10,14H,5-6H2,1-4H3. The van der Waals surface area contributed by atoms with E-state index >= 15 is 0 Å². The van der Waals surface area contributed by atoms with E-state index < -0.39 is 0 Å². The lowest BCUT2D eigenvalue weighted by Crippen LogP contribution is -2.23. The SMILES string of the molecule is CCNC(Cc1c(C)nn(C)c1Cl)c1snnc1C. The Morgan fingerprint density at radius 3 is 2.58 bits per heavy atom. The number of halogens is 1. The molecule has 7 heteroatoms. The second-order valence-electron chi connectivity index (χ2n) is 4.52. The van der Waals surface area contributed by atoms with E-state index in [1.54, 1.807) is 4.68 Å². The van der Waals surface area contributed by atoms with Crippen LogP contribution in [0.15, 0.2) is 0 Å². The molecule has 1 unspecified atom stereocenters. The van der Waals surface area contributed by atoms with Crippen molar-refractivity contribution >= 4 is 23.1 Å². The molecule has 2 aromatic heterocycles. The molecule has 0 aliphatic carbocycles. The van der Waals surface area contributed by atoms with Gasteiger partial charge in [-0.2, -0.15) is 5.10 Å². The zero-order chi connectivity index (χ0) is 14.0. The maximum atomic E-state index is 6.30. The highest BCUT2D eigenvalue weighted by Gasteiger charge is 2.21. The fourth-order valence-corrected chi connectivity index (χ4v) is 3.14. The first-order valence-electron chi connectivity index (χ1n) is 6.24. The lowest BCUT2D eigenvalue weighted by Gasteiger charge is -2.16. The smallest absolute Gasteiger partial charge is 0.130 e. The van der Waals surface area contributed by atoms with Crippen molar-refractivity contribution in [3.05, 3.63) is 27.0 Å². The summed E-state index contributed by atoms with van der Waals surface area (Å²) < 4.78 is 5.73. The van der Waals surface area contributed by atoms with Crippen molar-refractivity contribution in [1.29, 1.82) is 0 Å². The van der Waals surface area contributed by atoms with Gasteiger partial charge in [-0.1, -0.05) is 23.0 Å². The van der Waals surface area contributed by atoms with Gasteiger partial charge in [-0.3, -0.25) is 4.68 Å². The largest absolute Gasteiger partial charge is 0.309 e. The van der Waals surface area contributed by atoms with Crippen LogP contribution in [0.25, 0.3) is 0 Å². The van der Waals surface area contributed by atoms with E-state index in [9.17, 15) is 0 Å². The molecule has 0 saturated carbocycles. The molecule has 0 radical (unpaired) electrons. The number of nitrogens with zero attached hydrogens (tertiary/aromatic N) is 4. The summed E-state index contributed by atoms with van der Waals surface area (Å²) >= 11 is 7.75. The van der Waals surface area contributed by atoms with Gasteiger partial charge >= 0.3 is 0 Å². The number of likely N-dealkylation sites (N-methyl/N-ethyl adjacent to an activating group) is 1. The molecule has 0 fully saturated rings. The zero-order valence-electron chi connectivity index (χ0n) is 11.6. The van der Waals surface area contributed by atoms with Gasteiger partial charge in [0.25, 0.3) is 0 Å². The molecule has 0 aliphatic heterocycles. The van der Waals surface area contributed by atoms with Crippen LogP contribution in [0.4, 0.5) is 0 Å². The molecule has 2 rings (SSSR count). The maximum Gasteiger partial charge on any atom is 0.130 e. The fraction of sp³-hybridized carbons (Fsp3) is 0.583. The maximum absolute atomic E-state index is 6.30. The first-order valence-corrected chi connectivity index (χ1v) is 7.39. The Kier molecular flexibility index (Phi) is 4.54. The van der Waals surface area contributed by atoms with Gasteiger partial charge in [-0.05, 0) is 38.3 Å². The highest BCUT2D eigenvalue weighted by Crippen LogP contribution is 2.28. The Morgan fingerprint density at radius 1 is 1.37 bits per heavy atom. The molecule has 0 amide bonds. The van der Waals surface area contributed by atoms with E-state index in [0.29, 0.717) is 5.15 Å². The summed E-state index contributed by atoms with van der Waals surface area (Å²) in [4.78, 5) is 1.17. The van der Waals surface area contributed by atoms with Crippen LogP contribution in [0.5, 0.6) is 0 Å². The average molecular weight is 300 g/mol. The third kappa shape index (κ3) is 2.96. The average Bonchev–Trinajstić information content (AvgIpc) is 2.88. The first-order chi connectivity index (χ1) is 9.04. The number of rotatable bonds is 5. The van der Waals surface area contributed by atoms with Gasteiger partial charge in [0.1, 0.15) is 5.15 Å². The monoisotopic (exact) mass is 299 g/mol. The summed E-state index contributed by atoms with van der Waals surface area (Å²) in [7, 11) is 1.86. The lowest BCUT2D eigenvalue weighted by molar-refractivity contribution is 0.553. The summed E-state index contributed by atoms with van der Waals surface area (Å²) in [6, 6.07) is 0.186. The summed E-state index contributed by atoms with van der Waals surface area (Å²) in [6.45, 7) is 6.95. The van der Waals surface area contributed by atoms with Crippen molar-refractivity contribution in [2.75, 3.05) is 6.54 Å². The second kappa shape index (κ2) is 5.98. The van der Waals surface area contributed by atoms with Crippen LogP contribution >= 0.6 is 23.1 Å². The molecule has 104 valence electrons. The molecule has 0 saturated heterocycles. The van der Waals surface area contributed by atoms with Crippen molar-refractivity contribution in [3.63, 3.8) is 0 Å². The predicted octanol–water partition coefficient (Wildman–Crippen LogP) is 2.44. The van der Waals surface area contributed by atoms with E-state index in [0.717, 1.165) is 29.9 Å². The van der Waals surface area contributed by atoms with Gasteiger partial charge in [0, 0.05) is 18.7 Å². The third-order valence-electron chi connectivity index (χ3n) is 3.13. The Hall–Kier alpha value is -0.980. The van der Waals surface area contributed by atoms with Gasteiger partial charge < -0.3 is 5.32 Å². The van der Waals surface area contributed by atoms with E-state index in [4.69, 9.17) is 11.6 Å². The highest BCUT2D eigenvalue weighted by atomic mass is 35.5. The summed E-state index contributed by atoms with van der Waals surface area (Å²) in [5.41, 5.74) is 3.04. The van der Waals surface area contributed by atoms with E-state index in [2.05, 4.69) is 26.9 Å². The zero-order valence-corrected chi connectivity index (χ0v) is 13.1. The molecule has 2 heterocycles. The van der Waals surface area contributed by atoms with E-state index in [-0.39, 0.29) is 6.04 Å². The summed E-state index contributed by atoms with van der Waals surface area (Å²) in [6.07, 6.45) is 0.803. The molecule has 0 aliphatic rings. The lowest BCUT2D eigenvalue weighted by atomic mass is 10.0. The quantitative estimate of drug-likeness (QED) is 0.921. The molecule has 1 atom stereocenters. The van der Waals surface area contributed by atoms with Crippen LogP contribution in [0, 0.1) is 13.8 Å². The van der Waals surface area contributed by atoms with Crippen molar-refractivity contribution in [1.82, 2.24) is 24.7 Å². The predicted molar refractivity (Wildman–Crippen MR) is 77.7 cm³/mol. The fourth-order valence-electron chi connectivity index (χ4n) is 2.17. The van der Waals surface area contributed by atoms with E-state index in [1.807, 2.05) is 20.9 Å². The number of aromatic nitrogens is 4. The number of nitrogens with one attached hydrogen (secondary N) is 1. The Labute approximate surface area is 122 Å². The molecule has 0 aromatic carbocycles. The molecular formula is C12H18ClN5S. The van der Waals surface area contributed by atoms with Gasteiger partial charge in [0.05, 0.1) is 16.3 Å². The van der Waals surface area contributed by atoms with Gasteiger partial charge in [-0.15, -0.1) is 5.10 Å². The molecule has 2 aromatic rings. The molecule has 1 N–H and O–H groups in total. The van der Waals surface area contributed by atoms with Crippen molar-refractivity contribution < 1.29 is 0 Å². The van der Waals surface area contributed by atoms with Crippen LogP contribution in [0.2, 0.25) is 5.15 Å². The molecule has 19 heavy (non-hydrogen) atoms. The highest BCUT2D eigenvalue weighted by molar-refractivity contribution is 7.05. The van der Waals surface area contributed by atoms with Crippen LogP contribution in [0.1, 0.15) is 34.8 Å². The molecular weight excluding hydrogens is 282 g/mol. The molecule has 0 bridgehead atoms. The Bertz CT molecular complexity index is 562. The normalized spacial score (nSPS) is 12.9. The Morgan fingerprint density at radius 2 is 2.11 bits per heavy atom. The van der Waals surface area contributed by atoms with Gasteiger partial charge in [0.15, 0.2) is 0 Å². The second-order valence-corrected chi connectivity index (χ2v) is 5.66. The van der Waals surface area contributed by atoms with Crippen LogP contribution in [-0.4, -0.2) is 25.9 Å². The third-order valence-corrected chi connectivity index (χ3v) is 4.54. The molecule has 5 nitrogen and oxygen atoms in total. The van der Waals surface area contributed by atoms with Crippen LogP contribution in [-0.2, 0) is 13.5 Å². The Balaban J connectivity index is 2.29. The van der Waals surface area contributed by atoms with Crippen LogP contribution < -0.4 is 5.32 Å². The van der Waals surface area contributed by atoms with Crippen molar-refractivity contribution in [3.8, 4) is 0 Å². The van der Waals surface area contributed by atoms with E-state index in [1.165, 1.54) is 16.4 Å². The van der Waals surface area contributed by atoms with Crippen molar-refractivity contribution in [2.24, 2.45) is 7.05 Å². The molecule has 0 spiro atoms. The summed E-state index contributed by atoms with van der Waals surface area (Å²) in [5.74, 6) is 0. The number of hydrogen-bond donors (Lipinski definition) is 1. The van der Waals surface area contributed by atoms with Crippen molar-refractivity contribution in [2.45, 2.75) is 33.2 Å². The van der Waals surface area contributed by atoms with Gasteiger partial charge in [0.2, 0.25) is 0 Å². The summed E-state index contributed by atoms with van der Waals surface area (Å²) in [5, 5.41) is 12.6. The topological polar surface area (TPSA) is 55.6 Å². The minimum Gasteiger partial charge on any atom is -0.309 e. The minimum absolute atomic E-state index is 0.186. The number of hydrogen-bond acceptors (Lipinski definition) is 5. The first kappa shape index (κ1) is 14.4. The van der Waals surface area contributed by atoms with Crippen LogP contribution in [0.3, 0.4) is 0 Å². The minimum atomic E-state index is 0.186. The number of aryl methyl sites for hydroxylation is 3.